The highest BCUT2D eigenvalue weighted by Gasteiger charge is 2.47. The van der Waals surface area contributed by atoms with E-state index in [1.807, 2.05) is 24.3 Å². The zero-order valence-electron chi connectivity index (χ0n) is 11.1. The zero-order chi connectivity index (χ0) is 13.5. The molecule has 0 bridgehead atoms. The van der Waals surface area contributed by atoms with E-state index in [4.69, 9.17) is 0 Å². The topological polar surface area (TPSA) is 63.0 Å². The van der Waals surface area contributed by atoms with Gasteiger partial charge in [0.1, 0.15) is 12.7 Å². The molecule has 1 heterocycles. The van der Waals surface area contributed by atoms with Gasteiger partial charge in [-0.2, -0.15) is 5.10 Å². The molecule has 2 atom stereocenters. The standard InChI is InChI=1S/C14H18N4O/c1-14(2)12(7-13(14)19)17-10-3-5-11(6-4-10)18-9-15-8-16-18/h3-6,8-9,12-13,17,19H,7H2,1-2H3. The highest BCUT2D eigenvalue weighted by atomic mass is 16.3. The number of benzene rings is 1. The molecule has 1 aliphatic rings. The second-order valence-corrected chi connectivity index (χ2v) is 5.66. The Balaban J connectivity index is 1.70. The van der Waals surface area contributed by atoms with E-state index >= 15 is 0 Å². The highest BCUT2D eigenvalue weighted by Crippen LogP contribution is 2.42. The first-order valence-electron chi connectivity index (χ1n) is 6.47. The van der Waals surface area contributed by atoms with Crippen molar-refractivity contribution in [3.05, 3.63) is 36.9 Å². The first-order valence-corrected chi connectivity index (χ1v) is 6.47. The highest BCUT2D eigenvalue weighted by molar-refractivity contribution is 5.49. The Labute approximate surface area is 112 Å². The molecule has 0 saturated heterocycles. The van der Waals surface area contributed by atoms with Crippen molar-refractivity contribution in [3.8, 4) is 5.69 Å². The molecule has 0 amide bonds. The first kappa shape index (κ1) is 12.2. The summed E-state index contributed by atoms with van der Waals surface area (Å²) in [5.74, 6) is 0. The first-order chi connectivity index (χ1) is 9.07. The van der Waals surface area contributed by atoms with E-state index in [0.717, 1.165) is 17.8 Å². The summed E-state index contributed by atoms with van der Waals surface area (Å²) < 4.78 is 1.72. The van der Waals surface area contributed by atoms with Gasteiger partial charge in [0.25, 0.3) is 0 Å². The largest absolute Gasteiger partial charge is 0.392 e. The summed E-state index contributed by atoms with van der Waals surface area (Å²) in [6.07, 6.45) is 3.79. The lowest BCUT2D eigenvalue weighted by Gasteiger charge is -2.49. The SMILES string of the molecule is CC1(C)C(O)CC1Nc1ccc(-n2cncn2)cc1. The molecule has 0 spiro atoms. The van der Waals surface area contributed by atoms with Gasteiger partial charge in [0.15, 0.2) is 0 Å². The van der Waals surface area contributed by atoms with Crippen LogP contribution < -0.4 is 5.32 Å². The number of aliphatic hydroxyl groups excluding tert-OH is 1. The lowest BCUT2D eigenvalue weighted by Crippen LogP contribution is -2.56. The minimum Gasteiger partial charge on any atom is -0.392 e. The predicted molar refractivity (Wildman–Crippen MR) is 73.2 cm³/mol. The Morgan fingerprint density at radius 1 is 1.32 bits per heavy atom. The molecule has 1 aromatic heterocycles. The van der Waals surface area contributed by atoms with E-state index in [2.05, 4.69) is 29.2 Å². The molecule has 1 aromatic carbocycles. The quantitative estimate of drug-likeness (QED) is 0.881. The Bertz CT molecular complexity index is 547. The third-order valence-electron chi connectivity index (χ3n) is 4.11. The molecule has 2 aromatic rings. The van der Waals surface area contributed by atoms with Crippen molar-refractivity contribution in [2.75, 3.05) is 5.32 Å². The van der Waals surface area contributed by atoms with Crippen LogP contribution in [0.2, 0.25) is 0 Å². The van der Waals surface area contributed by atoms with Gasteiger partial charge < -0.3 is 10.4 Å². The fraction of sp³-hybridized carbons (Fsp3) is 0.429. The van der Waals surface area contributed by atoms with Crippen molar-refractivity contribution >= 4 is 5.69 Å². The number of aliphatic hydroxyl groups is 1. The molecule has 5 heteroatoms. The number of nitrogens with zero attached hydrogens (tertiary/aromatic N) is 3. The van der Waals surface area contributed by atoms with Crippen molar-refractivity contribution in [1.29, 1.82) is 0 Å². The number of anilines is 1. The fourth-order valence-corrected chi connectivity index (χ4v) is 2.40. The number of aromatic nitrogens is 3. The van der Waals surface area contributed by atoms with Crippen LogP contribution in [-0.2, 0) is 0 Å². The van der Waals surface area contributed by atoms with E-state index in [0.29, 0.717) is 6.04 Å². The number of hydrogen-bond donors (Lipinski definition) is 2. The van der Waals surface area contributed by atoms with E-state index in [9.17, 15) is 5.11 Å². The zero-order valence-corrected chi connectivity index (χ0v) is 11.1. The molecule has 1 aliphatic carbocycles. The molecular formula is C14H18N4O. The van der Waals surface area contributed by atoms with Gasteiger partial charge >= 0.3 is 0 Å². The summed E-state index contributed by atoms with van der Waals surface area (Å²) >= 11 is 0. The third kappa shape index (κ3) is 2.10. The maximum absolute atomic E-state index is 9.73. The van der Waals surface area contributed by atoms with Gasteiger partial charge in [0.2, 0.25) is 0 Å². The minimum absolute atomic E-state index is 0.0649. The van der Waals surface area contributed by atoms with Crippen LogP contribution >= 0.6 is 0 Å². The van der Waals surface area contributed by atoms with Crippen LogP contribution in [0, 0.1) is 5.41 Å². The summed E-state index contributed by atoms with van der Waals surface area (Å²) in [5.41, 5.74) is 1.98. The fourth-order valence-electron chi connectivity index (χ4n) is 2.40. The van der Waals surface area contributed by atoms with Crippen LogP contribution in [0.15, 0.2) is 36.9 Å². The Kier molecular flexibility index (Phi) is 2.78. The lowest BCUT2D eigenvalue weighted by molar-refractivity contribution is -0.0510. The second-order valence-electron chi connectivity index (χ2n) is 5.66. The molecule has 2 N–H and O–H groups in total. The monoisotopic (exact) mass is 258 g/mol. The minimum atomic E-state index is -0.209. The maximum atomic E-state index is 9.73. The molecule has 0 radical (unpaired) electrons. The van der Waals surface area contributed by atoms with E-state index in [1.165, 1.54) is 6.33 Å². The summed E-state index contributed by atoms with van der Waals surface area (Å²) in [7, 11) is 0. The number of hydrogen-bond acceptors (Lipinski definition) is 4. The van der Waals surface area contributed by atoms with Gasteiger partial charge in [0.05, 0.1) is 11.8 Å². The van der Waals surface area contributed by atoms with Crippen LogP contribution in [-0.4, -0.2) is 32.0 Å². The second kappa shape index (κ2) is 4.35. The number of rotatable bonds is 3. The van der Waals surface area contributed by atoms with E-state index in [1.54, 1.807) is 11.0 Å². The van der Waals surface area contributed by atoms with Gasteiger partial charge in [0, 0.05) is 17.1 Å². The van der Waals surface area contributed by atoms with Crippen molar-refractivity contribution < 1.29 is 5.11 Å². The van der Waals surface area contributed by atoms with Gasteiger partial charge in [-0.25, -0.2) is 9.67 Å². The smallest absolute Gasteiger partial charge is 0.138 e. The van der Waals surface area contributed by atoms with Crippen LogP contribution in [0.5, 0.6) is 0 Å². The third-order valence-corrected chi connectivity index (χ3v) is 4.11. The molecule has 3 rings (SSSR count). The van der Waals surface area contributed by atoms with Crippen molar-refractivity contribution in [3.63, 3.8) is 0 Å². The summed E-state index contributed by atoms with van der Waals surface area (Å²) in [4.78, 5) is 3.93. The predicted octanol–water partition coefficient (Wildman–Crippen LogP) is 1.84. The van der Waals surface area contributed by atoms with Gasteiger partial charge in [-0.3, -0.25) is 0 Å². The average molecular weight is 258 g/mol. The van der Waals surface area contributed by atoms with Crippen molar-refractivity contribution in [1.82, 2.24) is 14.8 Å². The summed E-state index contributed by atoms with van der Waals surface area (Å²) in [6, 6.07) is 8.37. The van der Waals surface area contributed by atoms with Crippen LogP contribution in [0.25, 0.3) is 5.69 Å². The molecule has 100 valence electrons. The van der Waals surface area contributed by atoms with Gasteiger partial charge in [-0.05, 0) is 30.7 Å². The average Bonchev–Trinajstić information content (AvgIpc) is 2.93. The summed E-state index contributed by atoms with van der Waals surface area (Å²) in [5, 5.41) is 17.3. The molecule has 1 saturated carbocycles. The van der Waals surface area contributed by atoms with E-state index in [-0.39, 0.29) is 11.5 Å². The van der Waals surface area contributed by atoms with Crippen molar-refractivity contribution in [2.24, 2.45) is 5.41 Å². The molecule has 0 aliphatic heterocycles. The Morgan fingerprint density at radius 2 is 2.05 bits per heavy atom. The van der Waals surface area contributed by atoms with E-state index < -0.39 is 0 Å². The normalized spacial score (nSPS) is 24.8. The molecule has 1 fully saturated rings. The van der Waals surface area contributed by atoms with Gasteiger partial charge in [-0.1, -0.05) is 13.8 Å². The Hall–Kier alpha value is -1.88. The van der Waals surface area contributed by atoms with Crippen LogP contribution in [0.4, 0.5) is 5.69 Å². The summed E-state index contributed by atoms with van der Waals surface area (Å²) in [6.45, 7) is 4.17. The number of nitrogens with one attached hydrogen (secondary N) is 1. The molecule has 2 unspecified atom stereocenters. The van der Waals surface area contributed by atoms with Crippen LogP contribution in [0.3, 0.4) is 0 Å². The molecular weight excluding hydrogens is 240 g/mol. The molecule has 19 heavy (non-hydrogen) atoms. The van der Waals surface area contributed by atoms with Crippen molar-refractivity contribution in [2.45, 2.75) is 32.4 Å². The molecule has 5 nitrogen and oxygen atoms in total. The lowest BCUT2D eigenvalue weighted by atomic mass is 9.64. The van der Waals surface area contributed by atoms with Crippen LogP contribution in [0.1, 0.15) is 20.3 Å². The van der Waals surface area contributed by atoms with Gasteiger partial charge in [-0.15, -0.1) is 0 Å². The maximum Gasteiger partial charge on any atom is 0.138 e. The Morgan fingerprint density at radius 3 is 2.58 bits per heavy atom.